The van der Waals surface area contributed by atoms with E-state index in [0.29, 0.717) is 6.42 Å². The Morgan fingerprint density at radius 2 is 2.00 bits per heavy atom. The molecule has 22 heavy (non-hydrogen) atoms. The highest BCUT2D eigenvalue weighted by Crippen LogP contribution is 2.35. The summed E-state index contributed by atoms with van der Waals surface area (Å²) in [6.45, 7) is -0.0693. The summed E-state index contributed by atoms with van der Waals surface area (Å²) in [6, 6.07) is 11.9. The van der Waals surface area contributed by atoms with E-state index in [2.05, 4.69) is 11.1 Å². The third-order valence-electron chi connectivity index (χ3n) is 3.56. The smallest absolute Gasteiger partial charge is 0.269 e. The lowest BCUT2D eigenvalue weighted by molar-refractivity contribution is -0.384. The molecule has 0 saturated heterocycles. The average molecular weight is 297 g/mol. The largest absolute Gasteiger partial charge is 0.396 e. The van der Waals surface area contributed by atoms with Crippen LogP contribution in [0, 0.1) is 21.4 Å². The average Bonchev–Trinajstić information content (AvgIpc) is 2.56. The predicted molar refractivity (Wildman–Crippen MR) is 80.1 cm³/mol. The van der Waals surface area contributed by atoms with Crippen LogP contribution >= 0.6 is 0 Å². The zero-order valence-corrected chi connectivity index (χ0v) is 11.8. The van der Waals surface area contributed by atoms with E-state index in [1.165, 1.54) is 12.1 Å². The molecular formula is C16H15N3O3. The fraction of sp³-hybridized carbons (Fsp3) is 0.250. The fourth-order valence-corrected chi connectivity index (χ4v) is 2.46. The Morgan fingerprint density at radius 3 is 2.50 bits per heavy atom. The first-order chi connectivity index (χ1) is 10.7. The molecule has 112 valence electrons. The Morgan fingerprint density at radius 1 is 1.27 bits per heavy atom. The van der Waals surface area contributed by atoms with Gasteiger partial charge in [0.15, 0.2) is 0 Å². The number of aliphatic hydroxyl groups excluding tert-OH is 1. The molecule has 2 rings (SSSR count). The summed E-state index contributed by atoms with van der Waals surface area (Å²) >= 11 is 0. The highest BCUT2D eigenvalue weighted by atomic mass is 16.6. The molecule has 1 heterocycles. The lowest BCUT2D eigenvalue weighted by Crippen LogP contribution is -2.12. The Bertz CT molecular complexity index is 665. The molecule has 0 aliphatic carbocycles. The van der Waals surface area contributed by atoms with Crippen molar-refractivity contribution in [1.82, 2.24) is 4.98 Å². The van der Waals surface area contributed by atoms with Gasteiger partial charge in [-0.05, 0) is 23.6 Å². The van der Waals surface area contributed by atoms with Crippen molar-refractivity contribution in [1.29, 1.82) is 5.26 Å². The van der Waals surface area contributed by atoms with Gasteiger partial charge in [-0.2, -0.15) is 5.26 Å². The summed E-state index contributed by atoms with van der Waals surface area (Å²) in [7, 11) is 0. The quantitative estimate of drug-likeness (QED) is 0.652. The van der Waals surface area contributed by atoms with E-state index < -0.39 is 10.8 Å². The van der Waals surface area contributed by atoms with Crippen LogP contribution in [0.15, 0.2) is 48.8 Å². The van der Waals surface area contributed by atoms with Gasteiger partial charge in [-0.3, -0.25) is 15.1 Å². The first-order valence-corrected chi connectivity index (χ1v) is 6.82. The molecule has 2 aromatic rings. The number of benzene rings is 1. The van der Waals surface area contributed by atoms with Gasteiger partial charge in [-0.25, -0.2) is 0 Å². The Kier molecular flexibility index (Phi) is 5.17. The van der Waals surface area contributed by atoms with Crippen LogP contribution in [0.2, 0.25) is 0 Å². The van der Waals surface area contributed by atoms with Crippen LogP contribution in [-0.4, -0.2) is 21.6 Å². The fourth-order valence-electron chi connectivity index (χ4n) is 2.46. The third kappa shape index (κ3) is 3.45. The van der Waals surface area contributed by atoms with Crippen LogP contribution < -0.4 is 0 Å². The van der Waals surface area contributed by atoms with Gasteiger partial charge in [-0.15, -0.1) is 0 Å². The van der Waals surface area contributed by atoms with Crippen molar-refractivity contribution in [3.63, 3.8) is 0 Å². The van der Waals surface area contributed by atoms with Crippen molar-refractivity contribution in [3.8, 4) is 6.07 Å². The molecule has 1 aromatic heterocycles. The minimum Gasteiger partial charge on any atom is -0.396 e. The van der Waals surface area contributed by atoms with Crippen molar-refractivity contribution < 1.29 is 10.0 Å². The maximum absolute atomic E-state index is 10.7. The van der Waals surface area contributed by atoms with E-state index >= 15 is 0 Å². The number of pyridine rings is 1. The molecule has 1 aromatic carbocycles. The molecule has 0 radical (unpaired) electrons. The molecule has 6 nitrogen and oxygen atoms in total. The van der Waals surface area contributed by atoms with Crippen molar-refractivity contribution in [2.75, 3.05) is 6.61 Å². The van der Waals surface area contributed by atoms with E-state index in [0.717, 1.165) is 11.1 Å². The summed E-state index contributed by atoms with van der Waals surface area (Å²) in [6.07, 6.45) is 3.65. The third-order valence-corrected chi connectivity index (χ3v) is 3.56. The lowest BCUT2D eigenvalue weighted by atomic mass is 9.81. The summed E-state index contributed by atoms with van der Waals surface area (Å²) < 4.78 is 0. The van der Waals surface area contributed by atoms with Gasteiger partial charge < -0.3 is 5.11 Å². The van der Waals surface area contributed by atoms with Gasteiger partial charge in [0.05, 0.1) is 16.9 Å². The lowest BCUT2D eigenvalue weighted by Gasteiger charge is -2.21. The molecule has 0 unspecified atom stereocenters. The Balaban J connectivity index is 2.36. The molecule has 2 atom stereocenters. The van der Waals surface area contributed by atoms with E-state index in [1.807, 2.05) is 6.07 Å². The number of non-ortho nitro benzene ring substituents is 1. The van der Waals surface area contributed by atoms with E-state index in [-0.39, 0.29) is 18.2 Å². The second-order valence-electron chi connectivity index (χ2n) is 4.86. The van der Waals surface area contributed by atoms with Gasteiger partial charge in [0.1, 0.15) is 0 Å². The number of nitrogens with zero attached hydrogens (tertiary/aromatic N) is 3. The molecule has 0 saturated carbocycles. The first-order valence-electron chi connectivity index (χ1n) is 6.82. The summed E-state index contributed by atoms with van der Waals surface area (Å²) in [4.78, 5) is 14.3. The molecule has 0 fully saturated rings. The number of nitriles is 1. The topological polar surface area (TPSA) is 100 Å². The molecule has 6 heteroatoms. The van der Waals surface area contributed by atoms with E-state index in [9.17, 15) is 20.5 Å². The number of nitro benzene ring substituents is 1. The standard InChI is InChI=1S/C16H15N3O3/c17-10-16(13-2-1-8-18-11-13)15(7-9-20)12-3-5-14(6-4-12)19(21)22/h1-6,8,11,15-16,20H,7,9H2/t15-,16+/m0/s1. The van der Waals surface area contributed by atoms with Gasteiger partial charge in [0.2, 0.25) is 0 Å². The number of aromatic nitrogens is 1. The Hall–Kier alpha value is -2.78. The van der Waals surface area contributed by atoms with Crippen LogP contribution in [0.3, 0.4) is 0 Å². The zero-order valence-electron chi connectivity index (χ0n) is 11.8. The number of rotatable bonds is 6. The van der Waals surface area contributed by atoms with Crippen LogP contribution in [0.25, 0.3) is 0 Å². The van der Waals surface area contributed by atoms with Crippen molar-refractivity contribution in [3.05, 3.63) is 70.0 Å². The first kappa shape index (κ1) is 15.6. The van der Waals surface area contributed by atoms with Gasteiger partial charge in [-0.1, -0.05) is 18.2 Å². The predicted octanol–water partition coefficient (Wildman–Crippen LogP) is 2.76. The van der Waals surface area contributed by atoms with Gasteiger partial charge >= 0.3 is 0 Å². The molecule has 1 N–H and O–H groups in total. The zero-order chi connectivity index (χ0) is 15.9. The van der Waals surface area contributed by atoms with Crippen LogP contribution in [-0.2, 0) is 0 Å². The normalized spacial score (nSPS) is 13.1. The van der Waals surface area contributed by atoms with Crippen molar-refractivity contribution in [2.45, 2.75) is 18.3 Å². The van der Waals surface area contributed by atoms with Crippen LogP contribution in [0.1, 0.15) is 29.4 Å². The van der Waals surface area contributed by atoms with E-state index in [4.69, 9.17) is 0 Å². The van der Waals surface area contributed by atoms with Gasteiger partial charge in [0.25, 0.3) is 5.69 Å². The molecule has 0 aliphatic rings. The number of hydrogen-bond donors (Lipinski definition) is 1. The molecule has 0 spiro atoms. The van der Waals surface area contributed by atoms with Crippen molar-refractivity contribution in [2.24, 2.45) is 0 Å². The summed E-state index contributed by atoms with van der Waals surface area (Å²) in [5, 5.41) is 29.5. The molecule has 0 aliphatic heterocycles. The maximum Gasteiger partial charge on any atom is 0.269 e. The second-order valence-corrected chi connectivity index (χ2v) is 4.86. The maximum atomic E-state index is 10.7. The van der Waals surface area contributed by atoms with Gasteiger partial charge in [0, 0.05) is 37.1 Å². The number of aliphatic hydroxyl groups is 1. The highest BCUT2D eigenvalue weighted by molar-refractivity contribution is 5.37. The summed E-state index contributed by atoms with van der Waals surface area (Å²) in [5.41, 5.74) is 1.55. The van der Waals surface area contributed by atoms with Crippen LogP contribution in [0.5, 0.6) is 0 Å². The van der Waals surface area contributed by atoms with E-state index in [1.54, 1.807) is 30.6 Å². The highest BCUT2D eigenvalue weighted by Gasteiger charge is 2.25. The SMILES string of the molecule is N#C[C@H](c1cccnc1)[C@@H](CCO)c1ccc([N+](=O)[O-])cc1. The molecular weight excluding hydrogens is 282 g/mol. The molecule has 0 amide bonds. The minimum atomic E-state index is -0.470. The van der Waals surface area contributed by atoms with Crippen LogP contribution in [0.4, 0.5) is 5.69 Å². The Labute approximate surface area is 127 Å². The van der Waals surface area contributed by atoms with Crippen molar-refractivity contribution >= 4 is 5.69 Å². The second kappa shape index (κ2) is 7.29. The molecule has 0 bridgehead atoms. The number of hydrogen-bond acceptors (Lipinski definition) is 5. The minimum absolute atomic E-state index is 0.00128. The monoisotopic (exact) mass is 297 g/mol. The summed E-state index contributed by atoms with van der Waals surface area (Å²) in [5.74, 6) is -0.720. The number of nitro groups is 1.